The number of rotatable bonds is 4. The number of nitrogens with zero attached hydrogens (tertiary/aromatic N) is 2. The Morgan fingerprint density at radius 1 is 1.30 bits per heavy atom. The molecule has 0 unspecified atom stereocenters. The second-order valence-corrected chi connectivity index (χ2v) is 7.91. The molecule has 1 aliphatic rings. The van der Waals surface area contributed by atoms with Gasteiger partial charge in [0.2, 0.25) is 0 Å². The molecule has 20 heavy (non-hydrogen) atoms. The molecule has 0 atom stereocenters. The molecule has 1 fully saturated rings. The SMILES string of the molecule is CNc1nc(CSC2CCCCC2)nc2sc(C)cc12. The van der Waals surface area contributed by atoms with E-state index in [9.17, 15) is 0 Å². The van der Waals surface area contributed by atoms with Gasteiger partial charge >= 0.3 is 0 Å². The Morgan fingerprint density at radius 3 is 2.85 bits per heavy atom. The molecular weight excluding hydrogens is 286 g/mol. The normalized spacial score (nSPS) is 16.7. The monoisotopic (exact) mass is 307 g/mol. The van der Waals surface area contributed by atoms with Crippen molar-refractivity contribution in [3.05, 3.63) is 16.8 Å². The lowest BCUT2D eigenvalue weighted by Crippen LogP contribution is -2.09. The minimum atomic E-state index is 0.811. The Hall–Kier alpha value is -0.810. The van der Waals surface area contributed by atoms with Gasteiger partial charge in [0.05, 0.1) is 11.1 Å². The smallest absolute Gasteiger partial charge is 0.142 e. The van der Waals surface area contributed by atoms with Crippen LogP contribution in [0.5, 0.6) is 0 Å². The fourth-order valence-electron chi connectivity index (χ4n) is 2.77. The molecule has 1 saturated carbocycles. The zero-order valence-electron chi connectivity index (χ0n) is 12.1. The summed E-state index contributed by atoms with van der Waals surface area (Å²) in [5.41, 5.74) is 0. The van der Waals surface area contributed by atoms with E-state index < -0.39 is 0 Å². The van der Waals surface area contributed by atoms with Crippen LogP contribution in [0.1, 0.15) is 42.8 Å². The molecule has 0 radical (unpaired) electrons. The van der Waals surface area contributed by atoms with Crippen molar-refractivity contribution in [2.45, 2.75) is 50.0 Å². The van der Waals surface area contributed by atoms with E-state index in [2.05, 4.69) is 23.3 Å². The van der Waals surface area contributed by atoms with Gasteiger partial charge in [0.25, 0.3) is 0 Å². The third-order valence-corrected chi connectivity index (χ3v) is 6.11. The highest BCUT2D eigenvalue weighted by molar-refractivity contribution is 7.99. The Bertz CT molecular complexity index is 588. The lowest BCUT2D eigenvalue weighted by Gasteiger charge is -2.20. The van der Waals surface area contributed by atoms with Crippen LogP contribution in [0, 0.1) is 6.92 Å². The van der Waals surface area contributed by atoms with Gasteiger partial charge in [-0.25, -0.2) is 9.97 Å². The van der Waals surface area contributed by atoms with E-state index in [0.29, 0.717) is 0 Å². The topological polar surface area (TPSA) is 37.8 Å². The van der Waals surface area contributed by atoms with Gasteiger partial charge in [0.1, 0.15) is 16.5 Å². The number of nitrogens with one attached hydrogen (secondary N) is 1. The van der Waals surface area contributed by atoms with Crippen molar-refractivity contribution in [1.29, 1.82) is 0 Å². The summed E-state index contributed by atoms with van der Waals surface area (Å²) in [6.45, 7) is 2.13. The first kappa shape index (κ1) is 14.1. The molecule has 0 aromatic carbocycles. The van der Waals surface area contributed by atoms with Crippen LogP contribution in [-0.2, 0) is 5.75 Å². The van der Waals surface area contributed by atoms with Crippen LogP contribution in [0.3, 0.4) is 0 Å². The minimum Gasteiger partial charge on any atom is -0.372 e. The Morgan fingerprint density at radius 2 is 2.10 bits per heavy atom. The maximum Gasteiger partial charge on any atom is 0.142 e. The van der Waals surface area contributed by atoms with E-state index in [0.717, 1.165) is 32.9 Å². The molecule has 3 rings (SSSR count). The average Bonchev–Trinajstić information content (AvgIpc) is 2.85. The number of hydrogen-bond donors (Lipinski definition) is 1. The van der Waals surface area contributed by atoms with Gasteiger partial charge in [0, 0.05) is 17.2 Å². The van der Waals surface area contributed by atoms with Crippen molar-refractivity contribution in [3.63, 3.8) is 0 Å². The molecule has 1 aliphatic carbocycles. The molecule has 2 heterocycles. The summed E-state index contributed by atoms with van der Waals surface area (Å²) in [6.07, 6.45) is 6.93. The predicted octanol–water partition coefficient (Wildman–Crippen LogP) is 4.61. The highest BCUT2D eigenvalue weighted by Gasteiger charge is 2.15. The summed E-state index contributed by atoms with van der Waals surface area (Å²) in [7, 11) is 1.94. The number of fused-ring (bicyclic) bond motifs is 1. The van der Waals surface area contributed by atoms with Gasteiger partial charge in [-0.2, -0.15) is 11.8 Å². The Kier molecular flexibility index (Phi) is 4.46. The first-order valence-corrected chi connectivity index (χ1v) is 9.19. The summed E-state index contributed by atoms with van der Waals surface area (Å²) in [5.74, 6) is 2.88. The second-order valence-electron chi connectivity index (χ2n) is 5.39. The van der Waals surface area contributed by atoms with Crippen molar-refractivity contribution in [3.8, 4) is 0 Å². The van der Waals surface area contributed by atoms with Crippen LogP contribution < -0.4 is 5.32 Å². The van der Waals surface area contributed by atoms with Gasteiger partial charge in [-0.3, -0.25) is 0 Å². The highest BCUT2D eigenvalue weighted by Crippen LogP contribution is 2.32. The number of anilines is 1. The number of aromatic nitrogens is 2. The number of aryl methyl sites for hydroxylation is 1. The molecule has 2 aromatic heterocycles. The lowest BCUT2D eigenvalue weighted by molar-refractivity contribution is 0.516. The molecular formula is C15H21N3S2. The van der Waals surface area contributed by atoms with E-state index in [1.165, 1.54) is 37.0 Å². The van der Waals surface area contributed by atoms with E-state index >= 15 is 0 Å². The van der Waals surface area contributed by atoms with Crippen LogP contribution in [0.25, 0.3) is 10.2 Å². The Labute approximate surface area is 128 Å². The zero-order chi connectivity index (χ0) is 13.9. The van der Waals surface area contributed by atoms with Crippen LogP contribution >= 0.6 is 23.1 Å². The second kappa shape index (κ2) is 6.31. The molecule has 0 saturated heterocycles. The van der Waals surface area contributed by atoms with Crippen molar-refractivity contribution in [2.24, 2.45) is 0 Å². The fourth-order valence-corrected chi connectivity index (χ4v) is 4.84. The van der Waals surface area contributed by atoms with Gasteiger partial charge in [0.15, 0.2) is 0 Å². The standard InChI is InChI=1S/C15H21N3S2/c1-10-8-12-14(16-2)17-13(18-15(12)20-10)9-19-11-6-4-3-5-7-11/h8,11H,3-7,9H2,1-2H3,(H,16,17,18). The molecule has 1 N–H and O–H groups in total. The average molecular weight is 307 g/mol. The molecule has 0 bridgehead atoms. The molecule has 5 heteroatoms. The Balaban J connectivity index is 1.76. The minimum absolute atomic E-state index is 0.811. The summed E-state index contributed by atoms with van der Waals surface area (Å²) in [5, 5.41) is 5.17. The number of thiophene rings is 1. The van der Waals surface area contributed by atoms with Crippen LogP contribution in [-0.4, -0.2) is 22.3 Å². The van der Waals surface area contributed by atoms with E-state index in [1.54, 1.807) is 11.3 Å². The van der Waals surface area contributed by atoms with Crippen molar-refractivity contribution in [2.75, 3.05) is 12.4 Å². The molecule has 108 valence electrons. The largest absolute Gasteiger partial charge is 0.372 e. The van der Waals surface area contributed by atoms with Gasteiger partial charge < -0.3 is 5.32 Å². The summed E-state index contributed by atoms with van der Waals surface area (Å²) in [6, 6.07) is 2.17. The van der Waals surface area contributed by atoms with Crippen LogP contribution in [0.4, 0.5) is 5.82 Å². The molecule has 0 amide bonds. The maximum absolute atomic E-state index is 4.74. The van der Waals surface area contributed by atoms with Gasteiger partial charge in [-0.15, -0.1) is 11.3 Å². The van der Waals surface area contributed by atoms with E-state index in [1.807, 2.05) is 18.8 Å². The van der Waals surface area contributed by atoms with E-state index in [4.69, 9.17) is 4.98 Å². The zero-order valence-corrected chi connectivity index (χ0v) is 13.7. The van der Waals surface area contributed by atoms with Crippen molar-refractivity contribution >= 4 is 39.1 Å². The number of hydrogen-bond acceptors (Lipinski definition) is 5. The summed E-state index contributed by atoms with van der Waals surface area (Å²) >= 11 is 3.79. The number of thioether (sulfide) groups is 1. The van der Waals surface area contributed by atoms with Gasteiger partial charge in [-0.05, 0) is 25.8 Å². The third kappa shape index (κ3) is 3.09. The quantitative estimate of drug-likeness (QED) is 0.895. The summed E-state index contributed by atoms with van der Waals surface area (Å²) < 4.78 is 0. The molecule has 2 aromatic rings. The predicted molar refractivity (Wildman–Crippen MR) is 89.9 cm³/mol. The summed E-state index contributed by atoms with van der Waals surface area (Å²) in [4.78, 5) is 11.8. The van der Waals surface area contributed by atoms with E-state index in [-0.39, 0.29) is 0 Å². The highest BCUT2D eigenvalue weighted by atomic mass is 32.2. The maximum atomic E-state index is 4.74. The molecule has 3 nitrogen and oxygen atoms in total. The van der Waals surface area contributed by atoms with Gasteiger partial charge in [-0.1, -0.05) is 19.3 Å². The lowest BCUT2D eigenvalue weighted by atomic mass is 10.0. The van der Waals surface area contributed by atoms with Crippen LogP contribution in [0.2, 0.25) is 0 Å². The fraction of sp³-hybridized carbons (Fsp3) is 0.600. The van der Waals surface area contributed by atoms with Crippen molar-refractivity contribution < 1.29 is 0 Å². The molecule has 0 spiro atoms. The first-order valence-electron chi connectivity index (χ1n) is 7.32. The third-order valence-electron chi connectivity index (χ3n) is 3.80. The first-order chi connectivity index (χ1) is 9.76. The van der Waals surface area contributed by atoms with Crippen LogP contribution in [0.15, 0.2) is 6.07 Å². The molecule has 0 aliphatic heterocycles. The van der Waals surface area contributed by atoms with Crippen molar-refractivity contribution in [1.82, 2.24) is 9.97 Å².